The third-order valence-electron chi connectivity index (χ3n) is 6.25. The SMILES string of the molecule is O=C1c2cc(-c3nnc(C(F)F)o3)ccc2CN1c1ccccc1-c1ccc(C2CC2)cc1. The zero-order valence-corrected chi connectivity index (χ0v) is 17.5. The number of anilines is 1. The average molecular weight is 443 g/mol. The van der Waals surface area contributed by atoms with Crippen molar-refractivity contribution in [1.29, 1.82) is 0 Å². The minimum Gasteiger partial charge on any atom is -0.415 e. The molecule has 0 unspecified atom stereocenters. The Balaban J connectivity index is 1.32. The van der Waals surface area contributed by atoms with E-state index in [0.717, 1.165) is 22.4 Å². The van der Waals surface area contributed by atoms with Gasteiger partial charge in [-0.1, -0.05) is 48.5 Å². The highest BCUT2D eigenvalue weighted by atomic mass is 19.3. The molecule has 0 radical (unpaired) electrons. The van der Waals surface area contributed by atoms with Crippen molar-refractivity contribution in [3.05, 3.63) is 89.3 Å². The van der Waals surface area contributed by atoms with Crippen LogP contribution in [0, 0.1) is 0 Å². The molecule has 4 aromatic rings. The van der Waals surface area contributed by atoms with E-state index in [1.807, 2.05) is 30.3 Å². The highest BCUT2D eigenvalue weighted by Crippen LogP contribution is 2.42. The molecule has 1 saturated carbocycles. The molecule has 7 heteroatoms. The fourth-order valence-corrected chi connectivity index (χ4v) is 4.37. The molecule has 1 amide bonds. The third-order valence-corrected chi connectivity index (χ3v) is 6.25. The Morgan fingerprint density at radius 2 is 1.67 bits per heavy atom. The van der Waals surface area contributed by atoms with E-state index in [1.165, 1.54) is 18.4 Å². The number of carbonyl (C=O) groups is 1. The Morgan fingerprint density at radius 3 is 2.39 bits per heavy atom. The van der Waals surface area contributed by atoms with E-state index in [0.29, 0.717) is 23.6 Å². The van der Waals surface area contributed by atoms with Gasteiger partial charge in [0, 0.05) is 16.7 Å². The van der Waals surface area contributed by atoms with Crippen molar-refractivity contribution < 1.29 is 18.0 Å². The molecule has 2 heterocycles. The van der Waals surface area contributed by atoms with Crippen LogP contribution in [-0.4, -0.2) is 16.1 Å². The van der Waals surface area contributed by atoms with E-state index in [2.05, 4.69) is 34.5 Å². The molecule has 1 aliphatic heterocycles. The van der Waals surface area contributed by atoms with Crippen molar-refractivity contribution in [3.63, 3.8) is 0 Å². The topological polar surface area (TPSA) is 59.2 Å². The zero-order valence-electron chi connectivity index (χ0n) is 17.5. The molecule has 2 aliphatic rings. The fraction of sp³-hybridized carbons (Fsp3) is 0.192. The summed E-state index contributed by atoms with van der Waals surface area (Å²) < 4.78 is 30.7. The first-order valence-electron chi connectivity index (χ1n) is 10.8. The maximum Gasteiger partial charge on any atom is 0.314 e. The second-order valence-corrected chi connectivity index (χ2v) is 8.42. The molecule has 0 spiro atoms. The minimum atomic E-state index is -2.84. The molecule has 1 fully saturated rings. The first-order valence-corrected chi connectivity index (χ1v) is 10.8. The summed E-state index contributed by atoms with van der Waals surface area (Å²) >= 11 is 0. The number of fused-ring (bicyclic) bond motifs is 1. The predicted molar refractivity (Wildman–Crippen MR) is 119 cm³/mol. The van der Waals surface area contributed by atoms with Gasteiger partial charge >= 0.3 is 6.43 Å². The summed E-state index contributed by atoms with van der Waals surface area (Å²) in [6, 6.07) is 21.6. The Bertz CT molecular complexity index is 1360. The molecule has 1 aliphatic carbocycles. The smallest absolute Gasteiger partial charge is 0.314 e. The summed E-state index contributed by atoms with van der Waals surface area (Å²) in [5, 5.41) is 7.06. The maximum atomic E-state index is 13.4. The van der Waals surface area contributed by atoms with E-state index in [4.69, 9.17) is 4.42 Å². The molecule has 5 nitrogen and oxygen atoms in total. The molecule has 3 aromatic carbocycles. The summed E-state index contributed by atoms with van der Waals surface area (Å²) in [4.78, 5) is 15.1. The van der Waals surface area contributed by atoms with E-state index >= 15 is 0 Å². The van der Waals surface area contributed by atoms with E-state index in [1.54, 1.807) is 17.0 Å². The number of para-hydroxylation sites is 1. The first kappa shape index (κ1) is 19.8. The van der Waals surface area contributed by atoms with Crippen LogP contribution in [0.1, 0.15) is 52.6 Å². The summed E-state index contributed by atoms with van der Waals surface area (Å²) in [6.45, 7) is 0.428. The number of nitrogens with zero attached hydrogens (tertiary/aromatic N) is 3. The van der Waals surface area contributed by atoms with Crippen LogP contribution < -0.4 is 4.90 Å². The number of benzene rings is 3. The molecular weight excluding hydrogens is 424 g/mol. The van der Waals surface area contributed by atoms with Gasteiger partial charge in [-0.2, -0.15) is 8.78 Å². The lowest BCUT2D eigenvalue weighted by molar-refractivity contribution is 0.0996. The van der Waals surface area contributed by atoms with Gasteiger partial charge in [-0.25, -0.2) is 0 Å². The van der Waals surface area contributed by atoms with Crippen molar-refractivity contribution in [3.8, 4) is 22.6 Å². The van der Waals surface area contributed by atoms with Crippen LogP contribution in [0.25, 0.3) is 22.6 Å². The summed E-state index contributed by atoms with van der Waals surface area (Å²) in [6.07, 6.45) is -0.329. The van der Waals surface area contributed by atoms with Crippen LogP contribution in [0.2, 0.25) is 0 Å². The van der Waals surface area contributed by atoms with Gasteiger partial charge in [-0.05, 0) is 53.6 Å². The largest absolute Gasteiger partial charge is 0.415 e. The molecular formula is C26H19F2N3O2. The van der Waals surface area contributed by atoms with Gasteiger partial charge in [0.15, 0.2) is 0 Å². The second kappa shape index (κ2) is 7.62. The average Bonchev–Trinajstić information content (AvgIpc) is 3.48. The van der Waals surface area contributed by atoms with Crippen molar-refractivity contribution in [2.45, 2.75) is 31.7 Å². The summed E-state index contributed by atoms with van der Waals surface area (Å²) in [5.74, 6) is -0.230. The lowest BCUT2D eigenvalue weighted by atomic mass is 10.00. The van der Waals surface area contributed by atoms with Crippen LogP contribution in [0.5, 0.6) is 0 Å². The van der Waals surface area contributed by atoms with Crippen LogP contribution in [0.4, 0.5) is 14.5 Å². The quantitative estimate of drug-likeness (QED) is 0.359. The normalized spacial score (nSPS) is 15.4. The van der Waals surface area contributed by atoms with Crippen molar-refractivity contribution in [2.24, 2.45) is 0 Å². The monoisotopic (exact) mass is 443 g/mol. The van der Waals surface area contributed by atoms with Gasteiger partial charge in [-0.3, -0.25) is 4.79 Å². The second-order valence-electron chi connectivity index (χ2n) is 8.42. The molecule has 6 rings (SSSR count). The van der Waals surface area contributed by atoms with Crippen molar-refractivity contribution in [1.82, 2.24) is 10.2 Å². The Hall–Kier alpha value is -3.87. The molecule has 0 N–H and O–H groups in total. The van der Waals surface area contributed by atoms with Crippen LogP contribution >= 0.6 is 0 Å². The van der Waals surface area contributed by atoms with Crippen LogP contribution in [-0.2, 0) is 6.54 Å². The van der Waals surface area contributed by atoms with Gasteiger partial charge in [0.1, 0.15) is 0 Å². The Labute approximate surface area is 188 Å². The molecule has 0 atom stereocenters. The summed E-state index contributed by atoms with van der Waals surface area (Å²) in [7, 11) is 0. The number of hydrogen-bond donors (Lipinski definition) is 0. The van der Waals surface area contributed by atoms with Crippen LogP contribution in [0.15, 0.2) is 71.1 Å². The lowest BCUT2D eigenvalue weighted by Crippen LogP contribution is -2.23. The van der Waals surface area contributed by atoms with Crippen molar-refractivity contribution in [2.75, 3.05) is 4.90 Å². The number of amides is 1. The number of halogens is 2. The highest BCUT2D eigenvalue weighted by molar-refractivity contribution is 6.12. The predicted octanol–water partition coefficient (Wildman–Crippen LogP) is 6.38. The molecule has 33 heavy (non-hydrogen) atoms. The van der Waals surface area contributed by atoms with Crippen LogP contribution in [0.3, 0.4) is 0 Å². The Morgan fingerprint density at radius 1 is 0.909 bits per heavy atom. The standard InChI is InChI=1S/C26H19F2N3O2/c27-23(28)25-30-29-24(33-25)18-11-12-19-14-31(26(32)21(19)13-18)22-4-2-1-3-20(22)17-9-7-16(8-10-17)15-5-6-15/h1-4,7-13,15,23H,5-6,14H2. The van der Waals surface area contributed by atoms with Crippen molar-refractivity contribution >= 4 is 11.6 Å². The highest BCUT2D eigenvalue weighted by Gasteiger charge is 2.31. The van der Waals surface area contributed by atoms with E-state index in [-0.39, 0.29) is 11.8 Å². The third kappa shape index (κ3) is 3.50. The number of hydrogen-bond acceptors (Lipinski definition) is 4. The minimum absolute atomic E-state index is 0.0319. The first-order chi connectivity index (χ1) is 16.1. The fourth-order valence-electron chi connectivity index (χ4n) is 4.37. The van der Waals surface area contributed by atoms with E-state index in [9.17, 15) is 13.6 Å². The molecule has 1 aromatic heterocycles. The van der Waals surface area contributed by atoms with Gasteiger partial charge in [-0.15, -0.1) is 10.2 Å². The van der Waals surface area contributed by atoms with Gasteiger partial charge in [0.05, 0.1) is 12.2 Å². The van der Waals surface area contributed by atoms with E-state index < -0.39 is 12.3 Å². The van der Waals surface area contributed by atoms with Gasteiger partial charge in [0.25, 0.3) is 11.8 Å². The molecule has 164 valence electrons. The number of alkyl halides is 2. The van der Waals surface area contributed by atoms with Gasteiger partial charge in [0.2, 0.25) is 5.89 Å². The lowest BCUT2D eigenvalue weighted by Gasteiger charge is -2.20. The zero-order chi connectivity index (χ0) is 22.5. The number of rotatable bonds is 5. The number of aromatic nitrogens is 2. The maximum absolute atomic E-state index is 13.4. The Kier molecular flexibility index (Phi) is 4.57. The number of carbonyl (C=O) groups excluding carboxylic acids is 1. The molecule has 0 bridgehead atoms. The molecule has 0 saturated heterocycles. The summed E-state index contributed by atoms with van der Waals surface area (Å²) in [5.41, 5.74) is 6.04. The van der Waals surface area contributed by atoms with Gasteiger partial charge < -0.3 is 9.32 Å².